The van der Waals surface area contributed by atoms with E-state index in [1.54, 1.807) is 0 Å². The topological polar surface area (TPSA) is 72.8 Å². The summed E-state index contributed by atoms with van der Waals surface area (Å²) in [5, 5.41) is 11.7. The average molecular weight is 451 g/mol. The minimum Gasteiger partial charge on any atom is -0.478 e. The van der Waals surface area contributed by atoms with Gasteiger partial charge in [-0.2, -0.15) is 0 Å². The van der Waals surface area contributed by atoms with Crippen LogP contribution in [0, 0.1) is 17.8 Å². The Kier molecular flexibility index (Phi) is 6.10. The number of hydrogen-bond acceptors (Lipinski definition) is 4. The molecule has 0 spiro atoms. The number of fused-ring (bicyclic) bond motifs is 1. The first-order chi connectivity index (χ1) is 15.3. The summed E-state index contributed by atoms with van der Waals surface area (Å²) >= 11 is 0. The Bertz CT molecular complexity index is 970. The molecule has 4 rings (SSSR count). The molecule has 2 unspecified atom stereocenters. The molecule has 0 aromatic heterocycles. The Hall–Kier alpha value is -2.70. The third-order valence-corrected chi connectivity index (χ3v) is 11.9. The lowest BCUT2D eigenvalue weighted by molar-refractivity contribution is -0.148. The molecule has 5 nitrogen and oxygen atoms in total. The van der Waals surface area contributed by atoms with E-state index in [4.69, 9.17) is 9.16 Å². The van der Waals surface area contributed by atoms with Gasteiger partial charge in [-0.05, 0) is 34.2 Å². The first-order valence-electron chi connectivity index (χ1n) is 11.1. The molecular formula is C26H30O5Si. The molecule has 1 heterocycles. The standard InChI is InChI=1S/C26H30O5Si/c1-26(2,3)32(19-10-6-4-7-11-19,20-12-8-5-9-13-20)31-16-18-14-15-21-22(24(27)28)17-30-25(29)23(18)21/h4-13,17-18,21,23H,14-16H2,1-3H3,(H,27,28)/t18?,21?,23-/m1/s1. The van der Waals surface area contributed by atoms with Crippen LogP contribution in [0.4, 0.5) is 0 Å². The largest absolute Gasteiger partial charge is 0.478 e. The molecule has 0 bridgehead atoms. The van der Waals surface area contributed by atoms with Crippen molar-refractivity contribution in [3.8, 4) is 0 Å². The average Bonchev–Trinajstić information content (AvgIpc) is 3.20. The van der Waals surface area contributed by atoms with E-state index in [1.807, 2.05) is 36.4 Å². The molecule has 1 N–H and O–H groups in total. The number of cyclic esters (lactones) is 1. The molecule has 0 radical (unpaired) electrons. The molecule has 2 aromatic carbocycles. The van der Waals surface area contributed by atoms with Crippen LogP contribution < -0.4 is 10.4 Å². The van der Waals surface area contributed by atoms with Crippen LogP contribution in [0.3, 0.4) is 0 Å². The number of aliphatic carboxylic acids is 1. The maximum atomic E-state index is 12.6. The summed E-state index contributed by atoms with van der Waals surface area (Å²) in [5.74, 6) is -2.20. The highest BCUT2D eigenvalue weighted by Crippen LogP contribution is 2.45. The van der Waals surface area contributed by atoms with Crippen molar-refractivity contribution >= 4 is 30.6 Å². The maximum absolute atomic E-state index is 12.6. The highest BCUT2D eigenvalue weighted by Gasteiger charge is 2.53. The second-order valence-electron chi connectivity index (χ2n) is 9.76. The summed E-state index contributed by atoms with van der Waals surface area (Å²) in [5.41, 5.74) is 0.197. The van der Waals surface area contributed by atoms with Crippen molar-refractivity contribution in [3.05, 3.63) is 72.5 Å². The normalized spacial score (nSPS) is 23.3. The Labute approximate surface area is 190 Å². The van der Waals surface area contributed by atoms with Crippen LogP contribution in [0.2, 0.25) is 5.04 Å². The highest BCUT2D eigenvalue weighted by molar-refractivity contribution is 6.99. The molecule has 1 aliphatic heterocycles. The van der Waals surface area contributed by atoms with Crippen LogP contribution in [-0.2, 0) is 18.8 Å². The number of hydrogen-bond donors (Lipinski definition) is 1. The van der Waals surface area contributed by atoms with Crippen molar-refractivity contribution in [2.75, 3.05) is 6.61 Å². The molecule has 2 aliphatic rings. The van der Waals surface area contributed by atoms with Gasteiger partial charge in [0.25, 0.3) is 8.32 Å². The van der Waals surface area contributed by atoms with Crippen LogP contribution in [-0.4, -0.2) is 32.0 Å². The summed E-state index contributed by atoms with van der Waals surface area (Å²) in [7, 11) is -2.72. The number of carboxylic acid groups (broad SMARTS) is 1. The van der Waals surface area contributed by atoms with Crippen molar-refractivity contribution < 1.29 is 23.9 Å². The second kappa shape index (κ2) is 8.68. The summed E-state index contributed by atoms with van der Waals surface area (Å²) in [6, 6.07) is 20.8. The molecule has 0 amide bonds. The third-order valence-electron chi connectivity index (χ3n) is 6.94. The van der Waals surface area contributed by atoms with Crippen molar-refractivity contribution in [2.24, 2.45) is 17.8 Å². The van der Waals surface area contributed by atoms with Crippen molar-refractivity contribution in [2.45, 2.75) is 38.7 Å². The Morgan fingerprint density at radius 1 is 1.03 bits per heavy atom. The second-order valence-corrected chi connectivity index (χ2v) is 14.1. The maximum Gasteiger partial charge on any atom is 0.335 e. The molecular weight excluding hydrogens is 420 g/mol. The molecule has 6 heteroatoms. The number of rotatable bonds is 6. The zero-order valence-electron chi connectivity index (χ0n) is 18.8. The fraction of sp³-hybridized carbons (Fsp3) is 0.385. The summed E-state index contributed by atoms with van der Waals surface area (Å²) in [6.45, 7) is 7.06. The van der Waals surface area contributed by atoms with E-state index in [0.29, 0.717) is 13.0 Å². The van der Waals surface area contributed by atoms with Gasteiger partial charge in [-0.15, -0.1) is 0 Å². The molecule has 168 valence electrons. The number of ether oxygens (including phenoxy) is 1. The number of carbonyl (C=O) groups excluding carboxylic acids is 1. The fourth-order valence-corrected chi connectivity index (χ4v) is 10.1. The van der Waals surface area contributed by atoms with Crippen LogP contribution >= 0.6 is 0 Å². The smallest absolute Gasteiger partial charge is 0.335 e. The Morgan fingerprint density at radius 2 is 1.59 bits per heavy atom. The van der Waals surface area contributed by atoms with Crippen LogP contribution in [0.25, 0.3) is 0 Å². The molecule has 1 aliphatic carbocycles. The summed E-state index contributed by atoms with van der Waals surface area (Å²) < 4.78 is 12.1. The quantitative estimate of drug-likeness (QED) is 0.536. The first-order valence-corrected chi connectivity index (χ1v) is 13.1. The highest BCUT2D eigenvalue weighted by atomic mass is 28.4. The Morgan fingerprint density at radius 3 is 2.09 bits per heavy atom. The van der Waals surface area contributed by atoms with Gasteiger partial charge in [0.1, 0.15) is 6.26 Å². The predicted molar refractivity (Wildman–Crippen MR) is 125 cm³/mol. The molecule has 2 aromatic rings. The van der Waals surface area contributed by atoms with Crippen LogP contribution in [0.15, 0.2) is 72.5 Å². The molecule has 32 heavy (non-hydrogen) atoms. The van der Waals surface area contributed by atoms with Gasteiger partial charge >= 0.3 is 11.9 Å². The zero-order valence-corrected chi connectivity index (χ0v) is 19.8. The van der Waals surface area contributed by atoms with E-state index in [1.165, 1.54) is 10.4 Å². The molecule has 1 saturated carbocycles. The zero-order chi connectivity index (χ0) is 22.9. The predicted octanol–water partition coefficient (Wildman–Crippen LogP) is 3.73. The van der Waals surface area contributed by atoms with E-state index in [-0.39, 0.29) is 28.4 Å². The fourth-order valence-electron chi connectivity index (χ4n) is 5.46. The van der Waals surface area contributed by atoms with Gasteiger partial charge in [0.15, 0.2) is 0 Å². The van der Waals surface area contributed by atoms with Crippen molar-refractivity contribution in [3.63, 3.8) is 0 Å². The molecule has 1 fully saturated rings. The summed E-state index contributed by atoms with van der Waals surface area (Å²) in [6.07, 6.45) is 2.52. The van der Waals surface area contributed by atoms with Crippen molar-refractivity contribution in [1.82, 2.24) is 0 Å². The van der Waals surface area contributed by atoms with E-state index in [9.17, 15) is 14.7 Å². The number of carboxylic acids is 1. The number of carbonyl (C=O) groups is 2. The van der Waals surface area contributed by atoms with Gasteiger partial charge in [0, 0.05) is 12.5 Å². The third kappa shape index (κ3) is 3.82. The number of esters is 1. The van der Waals surface area contributed by atoms with Gasteiger partial charge in [-0.1, -0.05) is 81.4 Å². The van der Waals surface area contributed by atoms with E-state index < -0.39 is 20.2 Å². The minimum absolute atomic E-state index is 0.0720. The first kappa shape index (κ1) is 22.5. The van der Waals surface area contributed by atoms with E-state index in [2.05, 4.69) is 45.0 Å². The monoisotopic (exact) mass is 450 g/mol. The lowest BCUT2D eigenvalue weighted by atomic mass is 9.84. The van der Waals surface area contributed by atoms with Crippen LogP contribution in [0.1, 0.15) is 33.6 Å². The minimum atomic E-state index is -2.72. The molecule has 0 saturated heterocycles. The van der Waals surface area contributed by atoms with Crippen molar-refractivity contribution in [1.29, 1.82) is 0 Å². The van der Waals surface area contributed by atoms with E-state index in [0.717, 1.165) is 12.7 Å². The Balaban J connectivity index is 1.70. The molecule has 3 atom stereocenters. The summed E-state index contributed by atoms with van der Waals surface area (Å²) in [4.78, 5) is 24.3. The van der Waals surface area contributed by atoms with E-state index >= 15 is 0 Å². The lowest BCUT2D eigenvalue weighted by Crippen LogP contribution is -2.67. The lowest BCUT2D eigenvalue weighted by Gasteiger charge is -2.44. The van der Waals surface area contributed by atoms with Gasteiger partial charge in [0.05, 0.1) is 11.5 Å². The van der Waals surface area contributed by atoms with Gasteiger partial charge in [-0.25, -0.2) is 4.79 Å². The van der Waals surface area contributed by atoms with Gasteiger partial charge < -0.3 is 14.3 Å². The number of benzene rings is 2. The van der Waals surface area contributed by atoms with Crippen LogP contribution in [0.5, 0.6) is 0 Å². The van der Waals surface area contributed by atoms with Gasteiger partial charge in [0.2, 0.25) is 0 Å². The SMILES string of the molecule is CC(C)(C)[Si](OCC1CCC2C(C(=O)O)=COC(=O)[C@H]12)(c1ccccc1)c1ccccc1. The van der Waals surface area contributed by atoms with Gasteiger partial charge in [-0.3, -0.25) is 4.79 Å².